The zero-order valence-corrected chi connectivity index (χ0v) is 6.87. The summed E-state index contributed by atoms with van der Waals surface area (Å²) in [5, 5.41) is 12.9. The van der Waals surface area contributed by atoms with Crippen molar-refractivity contribution >= 4 is 5.91 Å². The maximum absolute atomic E-state index is 11.7. The molecule has 0 unspecified atom stereocenters. The van der Waals surface area contributed by atoms with Gasteiger partial charge in [-0.25, -0.2) is 4.39 Å². The molecule has 0 spiro atoms. The molecule has 13 heavy (non-hydrogen) atoms. The van der Waals surface area contributed by atoms with E-state index >= 15 is 0 Å². The number of carbonyl (C=O) groups is 1. The van der Waals surface area contributed by atoms with E-state index in [-0.39, 0.29) is 12.5 Å². The monoisotopic (exact) mass is 184 g/mol. The van der Waals surface area contributed by atoms with Gasteiger partial charge in [0.2, 0.25) is 0 Å². The van der Waals surface area contributed by atoms with Crippen LogP contribution in [-0.4, -0.2) is 19.1 Å². The van der Waals surface area contributed by atoms with Gasteiger partial charge in [0.1, 0.15) is 6.67 Å². The second kappa shape index (κ2) is 4.39. The van der Waals surface area contributed by atoms with Gasteiger partial charge < -0.3 is 10.5 Å². The molecular formula is C8H9FN2O2. The van der Waals surface area contributed by atoms with Crippen molar-refractivity contribution in [2.24, 2.45) is 0 Å². The predicted molar refractivity (Wildman–Crippen MR) is 43.7 cm³/mol. The number of pyridine rings is 1. The van der Waals surface area contributed by atoms with Crippen molar-refractivity contribution < 1.29 is 13.9 Å². The van der Waals surface area contributed by atoms with Crippen LogP contribution >= 0.6 is 0 Å². The Labute approximate surface area is 74.6 Å². The summed E-state index contributed by atoms with van der Waals surface area (Å²) >= 11 is 0. The van der Waals surface area contributed by atoms with Crippen molar-refractivity contribution in [2.45, 2.75) is 0 Å². The molecular weight excluding hydrogens is 175 g/mol. The molecule has 4 nitrogen and oxygen atoms in total. The first kappa shape index (κ1) is 9.44. The van der Waals surface area contributed by atoms with Gasteiger partial charge in [0.05, 0.1) is 5.56 Å². The second-order valence-corrected chi connectivity index (χ2v) is 2.39. The summed E-state index contributed by atoms with van der Waals surface area (Å²) in [6.07, 6.45) is 2.43. The number of nitrogens with one attached hydrogen (secondary N) is 1. The highest BCUT2D eigenvalue weighted by Gasteiger charge is 2.04. The number of amides is 1. The van der Waals surface area contributed by atoms with E-state index in [0.29, 0.717) is 10.3 Å². The first-order chi connectivity index (χ1) is 6.24. The Bertz CT molecular complexity index is 287. The largest absolute Gasteiger partial charge is 0.619 e. The fourth-order valence-electron chi connectivity index (χ4n) is 0.827. The van der Waals surface area contributed by atoms with Crippen LogP contribution in [0.5, 0.6) is 0 Å². The van der Waals surface area contributed by atoms with Gasteiger partial charge in [-0.2, -0.15) is 4.73 Å². The van der Waals surface area contributed by atoms with Crippen molar-refractivity contribution in [3.05, 3.63) is 35.3 Å². The Morgan fingerprint density at radius 2 is 2.15 bits per heavy atom. The molecule has 0 aliphatic carbocycles. The molecule has 1 aromatic heterocycles. The van der Waals surface area contributed by atoms with Crippen LogP contribution in [0.25, 0.3) is 0 Å². The van der Waals surface area contributed by atoms with Crippen LogP contribution in [0.3, 0.4) is 0 Å². The van der Waals surface area contributed by atoms with E-state index in [1.807, 2.05) is 0 Å². The third kappa shape index (κ3) is 2.70. The highest BCUT2D eigenvalue weighted by atomic mass is 19.1. The van der Waals surface area contributed by atoms with E-state index in [4.69, 9.17) is 0 Å². The summed E-state index contributed by atoms with van der Waals surface area (Å²) in [6, 6.07) is 2.75. The van der Waals surface area contributed by atoms with Gasteiger partial charge in [-0.1, -0.05) is 0 Å². The van der Waals surface area contributed by atoms with Crippen LogP contribution in [0.2, 0.25) is 0 Å². The molecule has 1 N–H and O–H groups in total. The van der Waals surface area contributed by atoms with Gasteiger partial charge >= 0.3 is 0 Å². The van der Waals surface area contributed by atoms with Crippen molar-refractivity contribution in [3.63, 3.8) is 0 Å². The first-order valence-electron chi connectivity index (χ1n) is 3.77. The molecule has 5 heteroatoms. The number of rotatable bonds is 3. The SMILES string of the molecule is O=C(NCCF)c1cc[n+]([O-])cc1. The number of aromatic nitrogens is 1. The lowest BCUT2D eigenvalue weighted by atomic mass is 10.2. The van der Waals surface area contributed by atoms with E-state index in [1.165, 1.54) is 24.5 Å². The molecule has 1 rings (SSSR count). The van der Waals surface area contributed by atoms with Crippen LogP contribution in [-0.2, 0) is 0 Å². The maximum atomic E-state index is 11.7. The number of nitrogens with zero attached hydrogens (tertiary/aromatic N) is 1. The quantitative estimate of drug-likeness (QED) is 0.531. The molecule has 1 aromatic rings. The van der Waals surface area contributed by atoms with E-state index in [2.05, 4.69) is 5.32 Å². The Morgan fingerprint density at radius 1 is 1.54 bits per heavy atom. The lowest BCUT2D eigenvalue weighted by Gasteiger charge is -2.01. The molecule has 70 valence electrons. The number of alkyl halides is 1. The lowest BCUT2D eigenvalue weighted by Crippen LogP contribution is -2.28. The first-order valence-corrected chi connectivity index (χ1v) is 3.77. The zero-order valence-electron chi connectivity index (χ0n) is 6.87. The Morgan fingerprint density at radius 3 is 2.69 bits per heavy atom. The summed E-state index contributed by atoms with van der Waals surface area (Å²) in [4.78, 5) is 11.1. The van der Waals surface area contributed by atoms with Crippen LogP contribution in [0, 0.1) is 5.21 Å². The Balaban J connectivity index is 2.61. The summed E-state index contributed by atoms with van der Waals surface area (Å²) < 4.78 is 12.2. The maximum Gasteiger partial charge on any atom is 0.251 e. The fraction of sp³-hybridized carbons (Fsp3) is 0.250. The van der Waals surface area contributed by atoms with Crippen molar-refractivity contribution in [1.29, 1.82) is 0 Å². The smallest absolute Gasteiger partial charge is 0.251 e. The molecule has 0 bridgehead atoms. The lowest BCUT2D eigenvalue weighted by molar-refractivity contribution is -0.605. The van der Waals surface area contributed by atoms with E-state index in [1.54, 1.807) is 0 Å². The van der Waals surface area contributed by atoms with Gasteiger partial charge in [-0.05, 0) is 0 Å². The minimum atomic E-state index is -0.597. The molecule has 1 heterocycles. The molecule has 0 saturated heterocycles. The van der Waals surface area contributed by atoms with Gasteiger partial charge in [-0.3, -0.25) is 4.79 Å². The third-order valence-electron chi connectivity index (χ3n) is 1.44. The zero-order chi connectivity index (χ0) is 9.68. The number of carbonyl (C=O) groups excluding carboxylic acids is 1. The minimum absolute atomic E-state index is 0.00883. The number of hydrogen-bond acceptors (Lipinski definition) is 2. The highest BCUT2D eigenvalue weighted by Crippen LogP contribution is 1.93. The van der Waals surface area contributed by atoms with Crippen LogP contribution in [0.4, 0.5) is 4.39 Å². The number of hydrogen-bond donors (Lipinski definition) is 1. The van der Waals surface area contributed by atoms with Crippen LogP contribution in [0.1, 0.15) is 10.4 Å². The van der Waals surface area contributed by atoms with E-state index in [0.717, 1.165) is 0 Å². The van der Waals surface area contributed by atoms with E-state index < -0.39 is 6.67 Å². The molecule has 1 amide bonds. The standard InChI is InChI=1S/C8H9FN2O2/c9-3-4-10-8(12)7-1-5-11(13)6-2-7/h1-2,5-6H,3-4H2,(H,10,12). The Kier molecular flexibility index (Phi) is 3.19. The Hall–Kier alpha value is -1.65. The topological polar surface area (TPSA) is 56.0 Å². The van der Waals surface area contributed by atoms with Crippen molar-refractivity contribution in [2.75, 3.05) is 13.2 Å². The fourth-order valence-corrected chi connectivity index (χ4v) is 0.827. The molecule has 0 saturated carbocycles. The summed E-state index contributed by atoms with van der Waals surface area (Å²) in [7, 11) is 0. The van der Waals surface area contributed by atoms with Crippen LogP contribution in [0.15, 0.2) is 24.5 Å². The highest BCUT2D eigenvalue weighted by molar-refractivity contribution is 5.93. The summed E-state index contributed by atoms with van der Waals surface area (Å²) in [5.41, 5.74) is 0.348. The van der Waals surface area contributed by atoms with Gasteiger partial charge in [-0.15, -0.1) is 0 Å². The molecule has 0 radical (unpaired) electrons. The molecule has 0 aromatic carbocycles. The third-order valence-corrected chi connectivity index (χ3v) is 1.44. The number of halogens is 1. The van der Waals surface area contributed by atoms with Crippen molar-refractivity contribution in [3.8, 4) is 0 Å². The van der Waals surface area contributed by atoms with Crippen LogP contribution < -0.4 is 10.0 Å². The van der Waals surface area contributed by atoms with Crippen molar-refractivity contribution in [1.82, 2.24) is 5.32 Å². The van der Waals surface area contributed by atoms with Gasteiger partial charge in [0, 0.05) is 18.7 Å². The molecule has 0 fully saturated rings. The van der Waals surface area contributed by atoms with E-state index in [9.17, 15) is 14.4 Å². The molecule has 0 aliphatic rings. The average molecular weight is 184 g/mol. The second-order valence-electron chi connectivity index (χ2n) is 2.39. The molecule has 0 aliphatic heterocycles. The van der Waals surface area contributed by atoms with Gasteiger partial charge in [0.15, 0.2) is 12.4 Å². The summed E-state index contributed by atoms with van der Waals surface area (Å²) in [6.45, 7) is -0.606. The predicted octanol–water partition coefficient (Wildman–Crippen LogP) is 0.0193. The average Bonchev–Trinajstić information content (AvgIpc) is 2.15. The minimum Gasteiger partial charge on any atom is -0.619 e. The molecule has 0 atom stereocenters. The van der Waals surface area contributed by atoms with Gasteiger partial charge in [0.25, 0.3) is 5.91 Å². The normalized spacial score (nSPS) is 9.62. The summed E-state index contributed by atoms with van der Waals surface area (Å²) in [5.74, 6) is -0.377.